The SMILES string of the molecule is O=[C-]c1ccccc1O.O=[C-]c1ccccc1O.[F][Ti][F]. The Morgan fingerprint density at radius 3 is 1.24 bits per heavy atom. The van der Waals surface area contributed by atoms with Crippen LogP contribution in [0.1, 0.15) is 11.1 Å². The van der Waals surface area contributed by atoms with E-state index >= 15 is 0 Å². The van der Waals surface area contributed by atoms with Crippen molar-refractivity contribution >= 4 is 12.6 Å². The van der Waals surface area contributed by atoms with E-state index in [0.29, 0.717) is 0 Å². The van der Waals surface area contributed by atoms with Crippen LogP contribution in [-0.2, 0) is 29.8 Å². The summed E-state index contributed by atoms with van der Waals surface area (Å²) in [6.45, 7) is 0. The third kappa shape index (κ3) is 7.96. The average molecular weight is 328 g/mol. The van der Waals surface area contributed by atoms with Crippen LogP contribution in [0.5, 0.6) is 11.5 Å². The van der Waals surface area contributed by atoms with Gasteiger partial charge in [-0.3, -0.25) is 0 Å². The van der Waals surface area contributed by atoms with Crippen LogP contribution in [0.4, 0.5) is 6.18 Å². The zero-order valence-electron chi connectivity index (χ0n) is 10.6. The van der Waals surface area contributed by atoms with Gasteiger partial charge < -0.3 is 19.8 Å². The normalized spacial score (nSPS) is 8.29. The van der Waals surface area contributed by atoms with Gasteiger partial charge in [0.25, 0.3) is 0 Å². The van der Waals surface area contributed by atoms with Crippen LogP contribution >= 0.6 is 0 Å². The number of benzene rings is 2. The molecule has 2 aromatic rings. The zero-order chi connectivity index (χ0) is 16.1. The molecule has 0 radical (unpaired) electrons. The van der Waals surface area contributed by atoms with Crippen LogP contribution in [0.25, 0.3) is 0 Å². The summed E-state index contributed by atoms with van der Waals surface area (Å²) in [5.41, 5.74) is 0.412. The molecule has 0 unspecified atom stereocenters. The Morgan fingerprint density at radius 1 is 0.762 bits per heavy atom. The molecule has 0 aliphatic heterocycles. The molecule has 0 aliphatic carbocycles. The summed E-state index contributed by atoms with van der Waals surface area (Å²) in [6, 6.07) is 12.5. The van der Waals surface area contributed by atoms with Gasteiger partial charge in [0.2, 0.25) is 0 Å². The molecule has 7 heteroatoms. The summed E-state index contributed by atoms with van der Waals surface area (Å²) in [7, 11) is 0. The van der Waals surface area contributed by atoms with Gasteiger partial charge in [0.15, 0.2) is 0 Å². The van der Waals surface area contributed by atoms with E-state index < -0.39 is 20.2 Å². The second-order valence-corrected chi connectivity index (χ2v) is 3.53. The zero-order valence-corrected chi connectivity index (χ0v) is 12.1. The molecule has 0 spiro atoms. The van der Waals surface area contributed by atoms with E-state index in [1.807, 2.05) is 0 Å². The minimum atomic E-state index is -2.50. The molecular weight excluding hydrogens is 318 g/mol. The Morgan fingerprint density at radius 2 is 1.05 bits per heavy atom. The van der Waals surface area contributed by atoms with Crippen LogP contribution in [0, 0.1) is 0 Å². The fourth-order valence-corrected chi connectivity index (χ4v) is 1.12. The first kappa shape index (κ1) is 19.0. The molecule has 2 rings (SSSR count). The van der Waals surface area contributed by atoms with Gasteiger partial charge in [0.1, 0.15) is 0 Å². The van der Waals surface area contributed by atoms with Crippen molar-refractivity contribution in [3.05, 3.63) is 59.7 Å². The molecule has 2 N–H and O–H groups in total. The van der Waals surface area contributed by atoms with Gasteiger partial charge in [-0.2, -0.15) is 12.1 Å². The van der Waals surface area contributed by atoms with Gasteiger partial charge in [-0.05, 0) is 0 Å². The van der Waals surface area contributed by atoms with Crippen molar-refractivity contribution in [2.75, 3.05) is 0 Å². The van der Waals surface area contributed by atoms with Crippen molar-refractivity contribution in [3.8, 4) is 11.5 Å². The molecule has 110 valence electrons. The van der Waals surface area contributed by atoms with Gasteiger partial charge in [-0.1, -0.05) is 24.3 Å². The summed E-state index contributed by atoms with van der Waals surface area (Å²) < 4.78 is 19.5. The number of halogens is 2. The standard InChI is InChI=1S/2C7H5O2.2FH.Ti/c2*8-5-6-3-1-2-4-7(6)9;;;/h2*1-4,9H;2*1H;/q2*-1;;;+2/p-2. The predicted octanol–water partition coefficient (Wildman–Crippen LogP) is 2.54. The van der Waals surface area contributed by atoms with Crippen LogP contribution in [0.15, 0.2) is 48.5 Å². The van der Waals surface area contributed by atoms with E-state index in [4.69, 9.17) is 10.2 Å². The number of hydrogen-bond donors (Lipinski definition) is 2. The number of carbonyl (C=O) groups excluding carboxylic acids is 2. The molecule has 0 aromatic heterocycles. The quantitative estimate of drug-likeness (QED) is 0.656. The number of phenols is 2. The molecule has 0 bridgehead atoms. The average Bonchev–Trinajstić information content (AvgIpc) is 2.50. The Labute approximate surface area is 130 Å². The molecule has 0 saturated heterocycles. The number of hydrogen-bond acceptors (Lipinski definition) is 4. The Balaban J connectivity index is 0.000000322. The van der Waals surface area contributed by atoms with Crippen LogP contribution in [-0.4, -0.2) is 22.8 Å². The molecule has 0 atom stereocenters. The van der Waals surface area contributed by atoms with E-state index in [-0.39, 0.29) is 22.6 Å². The molecule has 0 fully saturated rings. The second kappa shape index (κ2) is 11.8. The number of phenolic OH excluding ortho intramolecular Hbond substituents is 2. The summed E-state index contributed by atoms with van der Waals surface area (Å²) >= 11 is -2.50. The molecule has 0 heterocycles. The third-order valence-corrected chi connectivity index (χ3v) is 2.03. The van der Waals surface area contributed by atoms with E-state index in [0.717, 1.165) is 0 Å². The van der Waals surface area contributed by atoms with Crippen LogP contribution in [0.3, 0.4) is 0 Å². The maximum absolute atomic E-state index is 9.94. The number of para-hydroxylation sites is 2. The van der Waals surface area contributed by atoms with Crippen molar-refractivity contribution in [1.29, 1.82) is 0 Å². The van der Waals surface area contributed by atoms with E-state index in [2.05, 4.69) is 0 Å². The van der Waals surface area contributed by atoms with E-state index in [1.54, 1.807) is 36.8 Å². The second-order valence-electron chi connectivity index (χ2n) is 3.31. The fraction of sp³-hybridized carbons (Fsp3) is 0. The topological polar surface area (TPSA) is 74.6 Å². The van der Waals surface area contributed by atoms with E-state index in [9.17, 15) is 15.8 Å². The van der Waals surface area contributed by atoms with Crippen molar-refractivity contribution < 1.29 is 46.2 Å². The maximum atomic E-state index is 9.94. The first-order valence-electron chi connectivity index (χ1n) is 5.39. The summed E-state index contributed by atoms with van der Waals surface area (Å²) in [4.78, 5) is 19.9. The molecule has 4 nitrogen and oxygen atoms in total. The molecule has 0 aliphatic rings. The third-order valence-electron chi connectivity index (χ3n) is 2.03. The van der Waals surface area contributed by atoms with Crippen molar-refractivity contribution in [1.82, 2.24) is 0 Å². The Bertz CT molecular complexity index is 515. The first-order chi connectivity index (χ1) is 10.1. The van der Waals surface area contributed by atoms with E-state index in [1.165, 1.54) is 24.3 Å². The molecule has 0 amide bonds. The number of aromatic hydroxyl groups is 2. The Hall–Kier alpha value is -2.05. The summed E-state index contributed by atoms with van der Waals surface area (Å²) in [6.07, 6.45) is 3.19. The van der Waals surface area contributed by atoms with Crippen molar-refractivity contribution in [2.24, 2.45) is 0 Å². The molecule has 21 heavy (non-hydrogen) atoms. The number of rotatable bonds is 2. The van der Waals surface area contributed by atoms with Gasteiger partial charge in [-0.25, -0.2) is 0 Å². The van der Waals surface area contributed by atoms with Gasteiger partial charge in [-0.15, -0.1) is 23.3 Å². The van der Waals surface area contributed by atoms with Crippen molar-refractivity contribution in [3.63, 3.8) is 0 Å². The fourth-order valence-electron chi connectivity index (χ4n) is 1.12. The summed E-state index contributed by atoms with van der Waals surface area (Å²) in [5, 5.41) is 17.7. The van der Waals surface area contributed by atoms with Gasteiger partial charge in [0.05, 0.1) is 12.6 Å². The Kier molecular flexibility index (Phi) is 10.6. The minimum absolute atomic E-state index is 0.0208. The summed E-state index contributed by atoms with van der Waals surface area (Å²) in [5.74, 6) is -0.0417. The van der Waals surface area contributed by atoms with Crippen LogP contribution in [0.2, 0.25) is 0 Å². The van der Waals surface area contributed by atoms with Crippen molar-refractivity contribution in [2.45, 2.75) is 0 Å². The monoisotopic (exact) mass is 328 g/mol. The predicted molar refractivity (Wildman–Crippen MR) is 68.0 cm³/mol. The van der Waals surface area contributed by atoms with Gasteiger partial charge >= 0.3 is 26.4 Å². The van der Waals surface area contributed by atoms with Gasteiger partial charge in [0, 0.05) is 11.5 Å². The van der Waals surface area contributed by atoms with Crippen LogP contribution < -0.4 is 0 Å². The molecular formula is C14H10F2O4Ti-2. The first-order valence-corrected chi connectivity index (χ1v) is 6.57. The molecule has 0 saturated carbocycles. The molecule has 2 aromatic carbocycles.